The van der Waals surface area contributed by atoms with Crippen molar-refractivity contribution in [1.82, 2.24) is 29.9 Å². The van der Waals surface area contributed by atoms with E-state index in [1.807, 2.05) is 18.2 Å². The van der Waals surface area contributed by atoms with Crippen LogP contribution in [0.5, 0.6) is 0 Å². The van der Waals surface area contributed by atoms with Crippen LogP contribution >= 0.6 is 0 Å². The molecular weight excluding hydrogens is 359 g/mol. The Labute approximate surface area is 160 Å². The van der Waals surface area contributed by atoms with Gasteiger partial charge in [-0.2, -0.15) is 10.2 Å². The van der Waals surface area contributed by atoms with E-state index < -0.39 is 0 Å². The summed E-state index contributed by atoms with van der Waals surface area (Å²) in [7, 11) is 0. The molecule has 0 amide bonds. The molecule has 0 spiro atoms. The van der Waals surface area contributed by atoms with Crippen LogP contribution in [0.25, 0.3) is 22.6 Å². The van der Waals surface area contributed by atoms with Gasteiger partial charge < -0.3 is 4.74 Å². The Morgan fingerprint density at radius 1 is 1.14 bits per heavy atom. The van der Waals surface area contributed by atoms with Crippen molar-refractivity contribution in [2.45, 2.75) is 25.3 Å². The third-order valence-corrected chi connectivity index (χ3v) is 5.11. The molecule has 0 atom stereocenters. The number of rotatable bonds is 4. The van der Waals surface area contributed by atoms with Crippen molar-refractivity contribution in [2.75, 3.05) is 13.2 Å². The van der Waals surface area contributed by atoms with Gasteiger partial charge in [-0.15, -0.1) is 0 Å². The fourth-order valence-electron chi connectivity index (χ4n) is 3.61. The molecule has 3 aromatic heterocycles. The molecule has 4 heterocycles. The highest BCUT2D eigenvalue weighted by molar-refractivity contribution is 5.89. The maximum Gasteiger partial charge on any atom is 0.202 e. The van der Waals surface area contributed by atoms with Crippen LogP contribution in [0.3, 0.4) is 0 Å². The lowest BCUT2D eigenvalue weighted by Crippen LogP contribution is -2.15. The molecule has 1 aromatic carbocycles. The van der Waals surface area contributed by atoms with Gasteiger partial charge in [0.1, 0.15) is 17.3 Å². The second-order valence-corrected chi connectivity index (χ2v) is 6.90. The van der Waals surface area contributed by atoms with Crippen LogP contribution in [-0.2, 0) is 11.3 Å². The Morgan fingerprint density at radius 3 is 2.86 bits per heavy atom. The van der Waals surface area contributed by atoms with Crippen molar-refractivity contribution < 1.29 is 9.13 Å². The number of nitrogens with one attached hydrogen (secondary N) is 1. The number of halogens is 1. The summed E-state index contributed by atoms with van der Waals surface area (Å²) in [6, 6.07) is 10.5. The number of aromatic amines is 1. The van der Waals surface area contributed by atoms with E-state index in [-0.39, 0.29) is 12.4 Å². The van der Waals surface area contributed by atoms with Crippen molar-refractivity contribution in [1.29, 1.82) is 0 Å². The summed E-state index contributed by atoms with van der Waals surface area (Å²) in [5, 5.41) is 13.0. The zero-order valence-corrected chi connectivity index (χ0v) is 15.2. The molecule has 7 nitrogen and oxygen atoms in total. The van der Waals surface area contributed by atoms with E-state index in [1.165, 1.54) is 6.07 Å². The SMILES string of the molecule is Fc1ccccc1Cn1nc(-c2n[nH]c(C3CCOCC3)n2)c2cccnc21. The number of benzene rings is 1. The molecule has 1 aliphatic rings. The van der Waals surface area contributed by atoms with Gasteiger partial charge in [0, 0.05) is 30.9 Å². The summed E-state index contributed by atoms with van der Waals surface area (Å²) in [4.78, 5) is 9.14. The number of aromatic nitrogens is 6. The Hall–Kier alpha value is -3.13. The Morgan fingerprint density at radius 2 is 2.00 bits per heavy atom. The van der Waals surface area contributed by atoms with Gasteiger partial charge in [0.2, 0.25) is 5.82 Å². The molecule has 142 valence electrons. The highest BCUT2D eigenvalue weighted by atomic mass is 19.1. The topological polar surface area (TPSA) is 81.5 Å². The van der Waals surface area contributed by atoms with Crippen LogP contribution in [0.1, 0.15) is 30.1 Å². The molecule has 1 fully saturated rings. The first-order chi connectivity index (χ1) is 13.8. The third kappa shape index (κ3) is 3.05. The smallest absolute Gasteiger partial charge is 0.202 e. The monoisotopic (exact) mass is 378 g/mol. The molecule has 8 heteroatoms. The van der Waals surface area contributed by atoms with E-state index in [9.17, 15) is 4.39 Å². The summed E-state index contributed by atoms with van der Waals surface area (Å²) in [6.07, 6.45) is 3.56. The number of nitrogens with zero attached hydrogens (tertiary/aromatic N) is 5. The Balaban J connectivity index is 1.54. The predicted octanol–water partition coefficient (Wildman–Crippen LogP) is 3.30. The molecule has 4 aromatic rings. The van der Waals surface area contributed by atoms with Gasteiger partial charge in [-0.3, -0.25) is 5.10 Å². The van der Waals surface area contributed by atoms with Gasteiger partial charge >= 0.3 is 0 Å². The number of hydrogen-bond donors (Lipinski definition) is 1. The standard InChI is InChI=1S/C20H19FN6O/c21-16-6-2-1-4-14(16)12-27-20-15(5-3-9-22-20)17(26-27)19-23-18(24-25-19)13-7-10-28-11-8-13/h1-6,9,13H,7-8,10-12H2,(H,23,24,25). The van der Waals surface area contributed by atoms with Crippen LogP contribution in [0.4, 0.5) is 4.39 Å². The van der Waals surface area contributed by atoms with Gasteiger partial charge in [-0.25, -0.2) is 19.0 Å². The molecule has 0 bridgehead atoms. The van der Waals surface area contributed by atoms with Gasteiger partial charge in [0.15, 0.2) is 5.65 Å². The normalized spacial score (nSPS) is 15.3. The van der Waals surface area contributed by atoms with Crippen LogP contribution in [0, 0.1) is 5.82 Å². The second-order valence-electron chi connectivity index (χ2n) is 6.90. The molecule has 0 unspecified atom stereocenters. The van der Waals surface area contributed by atoms with E-state index in [0.29, 0.717) is 28.6 Å². The maximum atomic E-state index is 14.1. The van der Waals surface area contributed by atoms with E-state index in [1.54, 1.807) is 23.0 Å². The summed E-state index contributed by atoms with van der Waals surface area (Å²) in [5.74, 6) is 1.45. The minimum Gasteiger partial charge on any atom is -0.381 e. The van der Waals surface area contributed by atoms with Gasteiger partial charge in [-0.05, 0) is 31.0 Å². The van der Waals surface area contributed by atoms with Gasteiger partial charge in [-0.1, -0.05) is 18.2 Å². The van der Waals surface area contributed by atoms with Crippen LogP contribution in [0.15, 0.2) is 42.6 Å². The van der Waals surface area contributed by atoms with Crippen LogP contribution in [-0.4, -0.2) is 43.2 Å². The Bertz CT molecular complexity index is 1110. The van der Waals surface area contributed by atoms with Crippen molar-refractivity contribution in [2.24, 2.45) is 0 Å². The molecule has 0 saturated carbocycles. The molecule has 0 radical (unpaired) electrons. The van der Waals surface area contributed by atoms with Gasteiger partial charge in [0.05, 0.1) is 11.9 Å². The molecular formula is C20H19FN6O. The highest BCUT2D eigenvalue weighted by Crippen LogP contribution is 2.28. The minimum atomic E-state index is -0.261. The maximum absolute atomic E-state index is 14.1. The largest absolute Gasteiger partial charge is 0.381 e. The first kappa shape index (κ1) is 17.0. The number of pyridine rings is 1. The molecule has 1 N–H and O–H groups in total. The van der Waals surface area contributed by atoms with E-state index in [4.69, 9.17) is 9.72 Å². The predicted molar refractivity (Wildman–Crippen MR) is 101 cm³/mol. The quantitative estimate of drug-likeness (QED) is 0.589. The number of ether oxygens (including phenoxy) is 1. The van der Waals surface area contributed by atoms with Gasteiger partial charge in [0.25, 0.3) is 0 Å². The number of H-pyrrole nitrogens is 1. The molecule has 5 rings (SSSR count). The fraction of sp³-hybridized carbons (Fsp3) is 0.300. The Kier molecular flexibility index (Phi) is 4.32. The lowest BCUT2D eigenvalue weighted by molar-refractivity contribution is 0.0836. The average Bonchev–Trinajstić information content (AvgIpc) is 3.36. The molecule has 1 aliphatic heterocycles. The van der Waals surface area contributed by atoms with E-state index in [0.717, 1.165) is 37.3 Å². The zero-order valence-electron chi connectivity index (χ0n) is 15.2. The first-order valence-corrected chi connectivity index (χ1v) is 9.35. The lowest BCUT2D eigenvalue weighted by Gasteiger charge is -2.19. The first-order valence-electron chi connectivity index (χ1n) is 9.35. The van der Waals surface area contributed by atoms with Crippen molar-refractivity contribution >= 4 is 11.0 Å². The van der Waals surface area contributed by atoms with E-state index in [2.05, 4.69) is 20.3 Å². The fourth-order valence-corrected chi connectivity index (χ4v) is 3.61. The summed E-state index contributed by atoms with van der Waals surface area (Å²) in [6.45, 7) is 1.77. The summed E-state index contributed by atoms with van der Waals surface area (Å²) < 4.78 is 21.2. The minimum absolute atomic E-state index is 0.261. The average molecular weight is 378 g/mol. The van der Waals surface area contributed by atoms with Crippen molar-refractivity contribution in [3.05, 3.63) is 59.8 Å². The van der Waals surface area contributed by atoms with Crippen molar-refractivity contribution in [3.63, 3.8) is 0 Å². The number of fused-ring (bicyclic) bond motifs is 1. The molecule has 0 aliphatic carbocycles. The zero-order chi connectivity index (χ0) is 18.9. The summed E-state index contributed by atoms with van der Waals surface area (Å²) in [5.41, 5.74) is 1.88. The van der Waals surface area contributed by atoms with Crippen LogP contribution < -0.4 is 0 Å². The lowest BCUT2D eigenvalue weighted by atomic mass is 10.00. The third-order valence-electron chi connectivity index (χ3n) is 5.11. The van der Waals surface area contributed by atoms with Crippen LogP contribution in [0.2, 0.25) is 0 Å². The summed E-state index contributed by atoms with van der Waals surface area (Å²) >= 11 is 0. The highest BCUT2D eigenvalue weighted by Gasteiger charge is 2.22. The van der Waals surface area contributed by atoms with Crippen molar-refractivity contribution in [3.8, 4) is 11.5 Å². The second kappa shape index (κ2) is 7.12. The molecule has 1 saturated heterocycles. The molecule has 28 heavy (non-hydrogen) atoms. The van der Waals surface area contributed by atoms with E-state index >= 15 is 0 Å². The number of hydrogen-bond acceptors (Lipinski definition) is 5.